The van der Waals surface area contributed by atoms with Crippen molar-refractivity contribution in [1.82, 2.24) is 15.3 Å². The molecule has 0 atom stereocenters. The fourth-order valence-electron chi connectivity index (χ4n) is 3.50. The highest BCUT2D eigenvalue weighted by Gasteiger charge is 2.32. The van der Waals surface area contributed by atoms with Gasteiger partial charge in [0.1, 0.15) is 5.69 Å². The molecule has 0 spiro atoms. The van der Waals surface area contributed by atoms with E-state index in [9.17, 15) is 13.2 Å². The van der Waals surface area contributed by atoms with Gasteiger partial charge in [-0.05, 0) is 61.7 Å². The first-order valence-electron chi connectivity index (χ1n) is 8.63. The minimum Gasteiger partial charge on any atom is -0.361 e. The highest BCUT2D eigenvalue weighted by atomic mass is 19.4. The van der Waals surface area contributed by atoms with Gasteiger partial charge < -0.3 is 15.6 Å². The van der Waals surface area contributed by atoms with Crippen molar-refractivity contribution in [2.45, 2.75) is 24.9 Å². The molecule has 1 aliphatic heterocycles. The topological polar surface area (TPSA) is 52.7 Å². The maximum absolute atomic E-state index is 12.6. The minimum atomic E-state index is -4.42. The molecule has 0 saturated carbocycles. The Labute approximate surface area is 148 Å². The van der Waals surface area contributed by atoms with Crippen molar-refractivity contribution < 1.29 is 13.2 Å². The van der Waals surface area contributed by atoms with Crippen LogP contribution in [0.15, 0.2) is 42.7 Å². The van der Waals surface area contributed by atoms with Crippen molar-refractivity contribution in [3.63, 3.8) is 0 Å². The second kappa shape index (κ2) is 6.64. The first-order valence-corrected chi connectivity index (χ1v) is 8.63. The lowest BCUT2D eigenvalue weighted by molar-refractivity contribution is -0.141. The largest absolute Gasteiger partial charge is 0.433 e. The third-order valence-corrected chi connectivity index (χ3v) is 4.84. The average molecular weight is 360 g/mol. The van der Waals surface area contributed by atoms with E-state index in [1.807, 2.05) is 12.1 Å². The minimum absolute atomic E-state index is 0.516. The number of nitrogens with zero attached hydrogens (tertiary/aromatic N) is 1. The molecule has 3 aromatic rings. The molecule has 0 amide bonds. The zero-order valence-corrected chi connectivity index (χ0v) is 14.0. The molecular formula is C19H19F3N4. The number of benzene rings is 1. The molecule has 0 bridgehead atoms. The van der Waals surface area contributed by atoms with Crippen LogP contribution in [0, 0.1) is 0 Å². The van der Waals surface area contributed by atoms with Crippen molar-refractivity contribution in [1.29, 1.82) is 0 Å². The van der Waals surface area contributed by atoms with Gasteiger partial charge in [0.25, 0.3) is 0 Å². The van der Waals surface area contributed by atoms with Crippen LogP contribution in [0.5, 0.6) is 0 Å². The van der Waals surface area contributed by atoms with Crippen LogP contribution >= 0.6 is 0 Å². The van der Waals surface area contributed by atoms with Gasteiger partial charge in [0.15, 0.2) is 0 Å². The predicted octanol–water partition coefficient (Wildman–Crippen LogP) is 4.79. The first-order chi connectivity index (χ1) is 12.5. The van der Waals surface area contributed by atoms with E-state index in [1.54, 1.807) is 0 Å². The maximum Gasteiger partial charge on any atom is 0.433 e. The number of hydrogen-bond donors (Lipinski definition) is 3. The van der Waals surface area contributed by atoms with Gasteiger partial charge in [-0.25, -0.2) is 4.98 Å². The van der Waals surface area contributed by atoms with E-state index < -0.39 is 11.9 Å². The standard InChI is InChI=1S/C19H19F3N4/c20-19(21,22)18-4-2-14(10-25-18)26-13-1-3-15-16(11-24-17(15)9-13)12-5-7-23-8-6-12/h1-4,9-12,23-24,26H,5-8H2. The number of hydrogen-bond acceptors (Lipinski definition) is 3. The molecule has 2 aromatic heterocycles. The van der Waals surface area contributed by atoms with Gasteiger partial charge in [0.2, 0.25) is 0 Å². The molecule has 1 aliphatic rings. The normalized spacial score (nSPS) is 16.1. The average Bonchev–Trinajstić information content (AvgIpc) is 3.05. The number of aromatic nitrogens is 2. The smallest absolute Gasteiger partial charge is 0.361 e. The van der Waals surface area contributed by atoms with Gasteiger partial charge in [-0.1, -0.05) is 6.07 Å². The summed E-state index contributed by atoms with van der Waals surface area (Å²) in [5.41, 5.74) is 2.78. The Bertz CT molecular complexity index is 893. The van der Waals surface area contributed by atoms with Crippen molar-refractivity contribution in [2.75, 3.05) is 18.4 Å². The molecule has 0 aliphatic carbocycles. The van der Waals surface area contributed by atoms with Crippen LogP contribution in [0.25, 0.3) is 10.9 Å². The van der Waals surface area contributed by atoms with E-state index >= 15 is 0 Å². The number of pyridine rings is 1. The number of aromatic amines is 1. The molecular weight excluding hydrogens is 341 g/mol. The summed E-state index contributed by atoms with van der Waals surface area (Å²) in [6.07, 6.45) is 1.10. The van der Waals surface area contributed by atoms with Gasteiger partial charge in [0.05, 0.1) is 11.9 Å². The predicted molar refractivity (Wildman–Crippen MR) is 95.7 cm³/mol. The third-order valence-electron chi connectivity index (χ3n) is 4.84. The Morgan fingerprint density at radius 1 is 1.04 bits per heavy atom. The molecule has 4 rings (SSSR count). The lowest BCUT2D eigenvalue weighted by Crippen LogP contribution is -2.26. The summed E-state index contributed by atoms with van der Waals surface area (Å²) in [6.45, 7) is 2.08. The number of piperidine rings is 1. The zero-order valence-electron chi connectivity index (χ0n) is 14.0. The lowest BCUT2D eigenvalue weighted by atomic mass is 9.90. The molecule has 0 unspecified atom stereocenters. The Morgan fingerprint density at radius 2 is 1.81 bits per heavy atom. The molecule has 1 saturated heterocycles. The summed E-state index contributed by atoms with van der Waals surface area (Å²) in [5.74, 6) is 0.558. The molecule has 0 radical (unpaired) electrons. The maximum atomic E-state index is 12.6. The number of nitrogens with one attached hydrogen (secondary N) is 3. The number of halogens is 3. The monoisotopic (exact) mass is 360 g/mol. The van der Waals surface area contributed by atoms with Crippen LogP contribution in [0.1, 0.15) is 30.0 Å². The summed E-state index contributed by atoms with van der Waals surface area (Å²) in [6, 6.07) is 8.33. The Morgan fingerprint density at radius 3 is 2.50 bits per heavy atom. The molecule has 7 heteroatoms. The molecule has 3 N–H and O–H groups in total. The Kier molecular flexibility index (Phi) is 4.32. The van der Waals surface area contributed by atoms with Crippen LogP contribution < -0.4 is 10.6 Å². The van der Waals surface area contributed by atoms with E-state index in [-0.39, 0.29) is 0 Å². The van der Waals surface area contributed by atoms with Crippen molar-refractivity contribution in [3.8, 4) is 0 Å². The third kappa shape index (κ3) is 3.39. The van der Waals surface area contributed by atoms with Gasteiger partial charge in [-0.3, -0.25) is 0 Å². The SMILES string of the molecule is FC(F)(F)c1ccc(Nc2ccc3c(C4CCNCC4)c[nH]c3c2)cn1. The summed E-state index contributed by atoms with van der Waals surface area (Å²) in [7, 11) is 0. The van der Waals surface area contributed by atoms with Crippen LogP contribution in [-0.2, 0) is 6.18 Å². The van der Waals surface area contributed by atoms with Gasteiger partial charge in [-0.15, -0.1) is 0 Å². The van der Waals surface area contributed by atoms with Gasteiger partial charge in [-0.2, -0.15) is 13.2 Å². The van der Waals surface area contributed by atoms with Crippen LogP contribution in [0.3, 0.4) is 0 Å². The molecule has 26 heavy (non-hydrogen) atoms. The lowest BCUT2D eigenvalue weighted by Gasteiger charge is -2.22. The van der Waals surface area contributed by atoms with Crippen LogP contribution in [-0.4, -0.2) is 23.1 Å². The quantitative estimate of drug-likeness (QED) is 0.629. The van der Waals surface area contributed by atoms with E-state index in [2.05, 4.69) is 32.9 Å². The molecule has 136 valence electrons. The summed E-state index contributed by atoms with van der Waals surface area (Å²) >= 11 is 0. The van der Waals surface area contributed by atoms with Crippen LogP contribution in [0.2, 0.25) is 0 Å². The molecule has 4 nitrogen and oxygen atoms in total. The van der Waals surface area contributed by atoms with E-state index in [0.29, 0.717) is 11.6 Å². The number of alkyl halides is 3. The summed E-state index contributed by atoms with van der Waals surface area (Å²) in [4.78, 5) is 6.79. The highest BCUT2D eigenvalue weighted by molar-refractivity contribution is 5.87. The van der Waals surface area contributed by atoms with Crippen molar-refractivity contribution in [3.05, 3.63) is 54.0 Å². The molecule has 3 heterocycles. The second-order valence-corrected chi connectivity index (χ2v) is 6.58. The van der Waals surface area contributed by atoms with Crippen molar-refractivity contribution in [2.24, 2.45) is 0 Å². The molecule has 1 fully saturated rings. The number of anilines is 2. The zero-order chi connectivity index (χ0) is 18.1. The van der Waals surface area contributed by atoms with Gasteiger partial charge in [0, 0.05) is 22.8 Å². The Hall–Kier alpha value is -2.54. The van der Waals surface area contributed by atoms with Crippen LogP contribution in [0.4, 0.5) is 24.5 Å². The molecule has 1 aromatic carbocycles. The number of H-pyrrole nitrogens is 1. The Balaban J connectivity index is 1.54. The van der Waals surface area contributed by atoms with Gasteiger partial charge >= 0.3 is 6.18 Å². The summed E-state index contributed by atoms with van der Waals surface area (Å²) in [5, 5.41) is 7.68. The number of rotatable bonds is 3. The highest BCUT2D eigenvalue weighted by Crippen LogP contribution is 2.33. The van der Waals surface area contributed by atoms with Crippen molar-refractivity contribution >= 4 is 22.3 Å². The second-order valence-electron chi connectivity index (χ2n) is 6.58. The van der Waals surface area contributed by atoms with E-state index in [0.717, 1.165) is 43.2 Å². The van der Waals surface area contributed by atoms with E-state index in [1.165, 1.54) is 23.2 Å². The summed E-state index contributed by atoms with van der Waals surface area (Å²) < 4.78 is 37.8. The van der Waals surface area contributed by atoms with E-state index in [4.69, 9.17) is 0 Å². The number of fused-ring (bicyclic) bond motifs is 1. The fourth-order valence-corrected chi connectivity index (χ4v) is 3.50. The fraction of sp³-hybridized carbons (Fsp3) is 0.316. The first kappa shape index (κ1) is 16.9.